The zero-order valence-electron chi connectivity index (χ0n) is 17.9. The van der Waals surface area contributed by atoms with E-state index >= 15 is 0 Å². The van der Waals surface area contributed by atoms with Crippen molar-refractivity contribution in [3.63, 3.8) is 0 Å². The molecule has 0 bridgehead atoms. The van der Waals surface area contributed by atoms with E-state index in [4.69, 9.17) is 11.6 Å². The molecule has 0 amide bonds. The van der Waals surface area contributed by atoms with E-state index in [1.54, 1.807) is 37.5 Å². The van der Waals surface area contributed by atoms with E-state index in [2.05, 4.69) is 30.0 Å². The van der Waals surface area contributed by atoms with Crippen molar-refractivity contribution in [2.45, 2.75) is 38.7 Å². The van der Waals surface area contributed by atoms with Gasteiger partial charge in [-0.05, 0) is 31.9 Å². The first-order valence-corrected chi connectivity index (χ1v) is 11.2. The van der Waals surface area contributed by atoms with Crippen molar-refractivity contribution in [1.29, 1.82) is 0 Å². The third-order valence-corrected chi connectivity index (χ3v) is 6.31. The molecule has 1 aliphatic rings. The zero-order chi connectivity index (χ0) is 23.6. The summed E-state index contributed by atoms with van der Waals surface area (Å²) >= 11 is 5.97. The Kier molecular flexibility index (Phi) is 4.73. The van der Waals surface area contributed by atoms with Gasteiger partial charge in [0, 0.05) is 34.8 Å². The Morgan fingerprint density at radius 3 is 2.79 bits per heavy atom. The zero-order valence-corrected chi connectivity index (χ0v) is 18.7. The summed E-state index contributed by atoms with van der Waals surface area (Å²) in [6.45, 7) is 1.30. The lowest BCUT2D eigenvalue weighted by atomic mass is 10.0. The highest BCUT2D eigenvalue weighted by atomic mass is 35.5. The van der Waals surface area contributed by atoms with E-state index < -0.39 is 13.0 Å². The number of H-pyrrole nitrogens is 2. The largest absolute Gasteiger partial charge is 0.337 e. The monoisotopic (exact) mass is 481 g/mol. The lowest BCUT2D eigenvalue weighted by molar-refractivity contribution is 0.121. The van der Waals surface area contributed by atoms with Crippen LogP contribution in [0.1, 0.15) is 30.1 Å². The molecule has 11 heteroatoms. The Balaban J connectivity index is 1.57. The third-order valence-electron chi connectivity index (χ3n) is 6.11. The van der Waals surface area contributed by atoms with E-state index in [1.165, 1.54) is 4.68 Å². The Morgan fingerprint density at radius 1 is 1.21 bits per heavy atom. The van der Waals surface area contributed by atoms with Crippen LogP contribution in [0.3, 0.4) is 0 Å². The highest BCUT2D eigenvalue weighted by Crippen LogP contribution is 2.45. The lowest BCUT2D eigenvalue weighted by Gasteiger charge is -2.09. The number of nitrogens with zero attached hydrogens (tertiary/aromatic N) is 5. The summed E-state index contributed by atoms with van der Waals surface area (Å²) in [7, 11) is 0. The minimum atomic E-state index is -2.52. The highest BCUT2D eigenvalue weighted by Gasteiger charge is 2.33. The number of fused-ring (bicyclic) bond motifs is 2. The predicted octanol–water partition coefficient (Wildman–Crippen LogP) is 4.83. The molecule has 0 aromatic carbocycles. The Morgan fingerprint density at radius 2 is 2.03 bits per heavy atom. The first-order chi connectivity index (χ1) is 16.4. The number of aromatic nitrogens is 7. The molecular weight excluding hydrogens is 464 g/mol. The van der Waals surface area contributed by atoms with Gasteiger partial charge < -0.3 is 9.97 Å². The molecule has 172 valence electrons. The van der Waals surface area contributed by atoms with Gasteiger partial charge in [0.2, 0.25) is 0 Å². The van der Waals surface area contributed by atoms with Crippen molar-refractivity contribution in [2.75, 3.05) is 0 Å². The summed E-state index contributed by atoms with van der Waals surface area (Å²) in [5.41, 5.74) is 4.54. The fraction of sp³-hybridized carbons (Fsp3) is 0.261. The Hall–Kier alpha value is -3.66. The number of nitrogens with one attached hydrogen (secondary N) is 2. The molecule has 0 radical (unpaired) electrons. The standard InChI is InChI=1S/C23H18ClF2N7O/c1-10-19(20(11-2-3-11)32-33(10)9-18(25)26)21-12-6-13(23(34)31-14(12)4-5-27-21)22-29-15-7-17(24)28-8-16(15)30-22/h4-8,11,18H,2-3,9H2,1H3,(H,29,30)(H,31,34). The molecule has 0 atom stereocenters. The minimum absolute atomic E-state index is 0.222. The van der Waals surface area contributed by atoms with Crippen LogP contribution in [0.25, 0.3) is 44.6 Å². The third kappa shape index (κ3) is 3.45. The summed E-state index contributed by atoms with van der Waals surface area (Å²) in [5, 5.41) is 5.49. The maximum Gasteiger partial charge on any atom is 0.259 e. The fourth-order valence-corrected chi connectivity index (χ4v) is 4.48. The predicted molar refractivity (Wildman–Crippen MR) is 124 cm³/mol. The Labute approximate surface area is 196 Å². The molecular formula is C23H18ClF2N7O. The van der Waals surface area contributed by atoms with Crippen LogP contribution in [0.15, 0.2) is 35.4 Å². The van der Waals surface area contributed by atoms with Gasteiger partial charge in [-0.2, -0.15) is 5.10 Å². The van der Waals surface area contributed by atoms with Crippen LogP contribution in [0.4, 0.5) is 8.78 Å². The van der Waals surface area contributed by atoms with Gasteiger partial charge in [-0.1, -0.05) is 11.6 Å². The van der Waals surface area contributed by atoms with Crippen LogP contribution in [-0.2, 0) is 6.54 Å². The molecule has 0 aliphatic heterocycles. The molecule has 34 heavy (non-hydrogen) atoms. The number of imidazole rings is 1. The van der Waals surface area contributed by atoms with Gasteiger partial charge in [0.15, 0.2) is 0 Å². The van der Waals surface area contributed by atoms with Crippen LogP contribution in [0.5, 0.6) is 0 Å². The number of halogens is 3. The summed E-state index contributed by atoms with van der Waals surface area (Å²) in [4.78, 5) is 32.1. The lowest BCUT2D eigenvalue weighted by Crippen LogP contribution is -2.10. The van der Waals surface area contributed by atoms with Crippen molar-refractivity contribution in [3.8, 4) is 22.6 Å². The second kappa shape index (κ2) is 7.69. The number of rotatable bonds is 5. The molecule has 5 aromatic rings. The topological polar surface area (TPSA) is 105 Å². The van der Waals surface area contributed by atoms with Crippen LogP contribution in [-0.4, -0.2) is 41.1 Å². The average Bonchev–Trinajstić information content (AvgIpc) is 3.48. The molecule has 1 fully saturated rings. The fourth-order valence-electron chi connectivity index (χ4n) is 4.33. The van der Waals surface area contributed by atoms with E-state index in [1.807, 2.05) is 0 Å². The highest BCUT2D eigenvalue weighted by molar-refractivity contribution is 6.29. The number of hydrogen-bond donors (Lipinski definition) is 2. The SMILES string of the molecule is Cc1c(-c2nccc3[nH]c(=O)c(-c4nc5cc(Cl)ncc5[nH]4)cc23)c(C2CC2)nn1CC(F)F. The molecule has 0 spiro atoms. The summed E-state index contributed by atoms with van der Waals surface area (Å²) < 4.78 is 27.7. The van der Waals surface area contributed by atoms with Gasteiger partial charge in [0.1, 0.15) is 17.5 Å². The van der Waals surface area contributed by atoms with Crippen molar-refractivity contribution in [3.05, 3.63) is 57.5 Å². The van der Waals surface area contributed by atoms with Crippen LogP contribution in [0, 0.1) is 6.92 Å². The van der Waals surface area contributed by atoms with Crippen LogP contribution in [0.2, 0.25) is 5.15 Å². The van der Waals surface area contributed by atoms with Crippen LogP contribution < -0.4 is 5.56 Å². The van der Waals surface area contributed by atoms with Crippen LogP contribution >= 0.6 is 11.6 Å². The van der Waals surface area contributed by atoms with Gasteiger partial charge in [-0.15, -0.1) is 0 Å². The molecule has 2 N–H and O–H groups in total. The minimum Gasteiger partial charge on any atom is -0.337 e. The smallest absolute Gasteiger partial charge is 0.259 e. The van der Waals surface area contributed by atoms with Gasteiger partial charge in [0.25, 0.3) is 12.0 Å². The molecule has 5 heterocycles. The van der Waals surface area contributed by atoms with Gasteiger partial charge >= 0.3 is 0 Å². The first kappa shape index (κ1) is 20.9. The molecule has 0 saturated heterocycles. The summed E-state index contributed by atoms with van der Waals surface area (Å²) in [6, 6.07) is 5.05. The molecule has 8 nitrogen and oxygen atoms in total. The van der Waals surface area contributed by atoms with Crippen molar-refractivity contribution >= 4 is 33.5 Å². The Bertz CT molecular complexity index is 1630. The maximum atomic E-state index is 13.2. The van der Waals surface area contributed by atoms with Gasteiger partial charge in [-0.3, -0.25) is 14.5 Å². The maximum absolute atomic E-state index is 13.2. The van der Waals surface area contributed by atoms with Crippen molar-refractivity contribution < 1.29 is 8.78 Å². The molecule has 5 aromatic heterocycles. The number of alkyl halides is 2. The number of hydrogen-bond acceptors (Lipinski definition) is 5. The molecule has 1 saturated carbocycles. The normalized spacial score (nSPS) is 14.0. The average molecular weight is 482 g/mol. The number of aromatic amines is 2. The van der Waals surface area contributed by atoms with Gasteiger partial charge in [0.05, 0.1) is 39.7 Å². The summed E-state index contributed by atoms with van der Waals surface area (Å²) in [6.07, 6.45) is 2.56. The summed E-state index contributed by atoms with van der Waals surface area (Å²) in [5.74, 6) is 0.587. The first-order valence-electron chi connectivity index (χ1n) is 10.8. The van der Waals surface area contributed by atoms with Crippen molar-refractivity contribution in [1.82, 2.24) is 34.7 Å². The second-order valence-electron chi connectivity index (χ2n) is 8.44. The second-order valence-corrected chi connectivity index (χ2v) is 8.82. The number of pyridine rings is 3. The van der Waals surface area contributed by atoms with Crippen molar-refractivity contribution in [2.24, 2.45) is 0 Å². The molecule has 0 unspecified atom stereocenters. The van der Waals surface area contributed by atoms with E-state index in [0.717, 1.165) is 24.1 Å². The van der Waals surface area contributed by atoms with E-state index in [0.29, 0.717) is 49.9 Å². The van der Waals surface area contributed by atoms with E-state index in [9.17, 15) is 13.6 Å². The van der Waals surface area contributed by atoms with Gasteiger partial charge in [-0.25, -0.2) is 18.7 Å². The molecule has 1 aliphatic carbocycles. The van der Waals surface area contributed by atoms with E-state index in [-0.39, 0.29) is 11.5 Å². The molecule has 6 rings (SSSR count). The quantitative estimate of drug-likeness (QED) is 0.350.